The number of nitrogens with one attached hydrogen (secondary N) is 2. The van der Waals surface area contributed by atoms with Gasteiger partial charge < -0.3 is 14.8 Å². The van der Waals surface area contributed by atoms with Crippen molar-refractivity contribution in [3.8, 4) is 5.75 Å². The average Bonchev–Trinajstić information content (AvgIpc) is 2.45. The van der Waals surface area contributed by atoms with Crippen LogP contribution in [0.2, 0.25) is 5.02 Å². The van der Waals surface area contributed by atoms with Crippen LogP contribution in [-0.4, -0.2) is 23.3 Å². The van der Waals surface area contributed by atoms with Gasteiger partial charge in [0.15, 0.2) is 5.82 Å². The number of hydrogen-bond acceptors (Lipinski definition) is 6. The van der Waals surface area contributed by atoms with Gasteiger partial charge in [-0.15, -0.1) is 0 Å². The first kappa shape index (κ1) is 14.7. The van der Waals surface area contributed by atoms with E-state index >= 15 is 0 Å². The van der Waals surface area contributed by atoms with E-state index in [9.17, 15) is 0 Å². The number of ether oxygens (including phenoxy) is 1. The van der Waals surface area contributed by atoms with Gasteiger partial charge in [0.2, 0.25) is 0 Å². The van der Waals surface area contributed by atoms with Crippen LogP contribution in [0.25, 0.3) is 0 Å². The fourth-order valence-corrected chi connectivity index (χ4v) is 2.15. The summed E-state index contributed by atoms with van der Waals surface area (Å²) < 4.78 is 8.41. The van der Waals surface area contributed by atoms with Gasteiger partial charge in [-0.2, -0.15) is 0 Å². The van der Waals surface area contributed by atoms with Crippen molar-refractivity contribution in [3.63, 3.8) is 0 Å². The second-order valence-corrected chi connectivity index (χ2v) is 4.98. The summed E-state index contributed by atoms with van der Waals surface area (Å²) in [5, 5.41) is 3.68. The molecule has 2 rings (SSSR count). The lowest BCUT2D eigenvalue weighted by atomic mass is 10.2. The van der Waals surface area contributed by atoms with Gasteiger partial charge in [0.05, 0.1) is 24.7 Å². The van der Waals surface area contributed by atoms with Gasteiger partial charge in [0.25, 0.3) is 0 Å². The van der Waals surface area contributed by atoms with E-state index in [-0.39, 0.29) is 0 Å². The van der Waals surface area contributed by atoms with Crippen molar-refractivity contribution in [1.29, 1.82) is 0 Å². The molecular weight excluding hydrogens is 296 g/mol. The zero-order valence-electron chi connectivity index (χ0n) is 11.4. The molecule has 1 aromatic carbocycles. The number of aryl methyl sites for hydroxylation is 1. The van der Waals surface area contributed by atoms with Gasteiger partial charge in [0, 0.05) is 12.3 Å². The number of halogens is 1. The normalized spacial score (nSPS) is 10.2. The van der Waals surface area contributed by atoms with E-state index in [2.05, 4.69) is 20.0 Å². The van der Waals surface area contributed by atoms with Crippen LogP contribution in [0.15, 0.2) is 24.4 Å². The van der Waals surface area contributed by atoms with Crippen molar-refractivity contribution < 1.29 is 4.74 Å². The maximum atomic E-state index is 6.10. The molecule has 0 amide bonds. The Labute approximate surface area is 127 Å². The van der Waals surface area contributed by atoms with Gasteiger partial charge in [-0.25, -0.2) is 9.97 Å². The van der Waals surface area contributed by atoms with Crippen LogP contribution in [0.3, 0.4) is 0 Å². The first-order valence-corrected chi connectivity index (χ1v) is 7.47. The van der Waals surface area contributed by atoms with Gasteiger partial charge in [-0.3, -0.25) is 0 Å². The molecule has 0 radical (unpaired) electrons. The van der Waals surface area contributed by atoms with E-state index < -0.39 is 0 Å². The number of aromatic nitrogens is 2. The van der Waals surface area contributed by atoms with Crippen LogP contribution in [0.4, 0.5) is 17.2 Å². The van der Waals surface area contributed by atoms with Gasteiger partial charge in [-0.05, 0) is 19.1 Å². The first-order chi connectivity index (χ1) is 9.63. The molecule has 5 nitrogen and oxygen atoms in total. The highest BCUT2D eigenvalue weighted by molar-refractivity contribution is 7.99. The van der Waals surface area contributed by atoms with E-state index in [4.69, 9.17) is 16.3 Å². The Bertz CT molecular complexity index is 609. The van der Waals surface area contributed by atoms with E-state index in [1.807, 2.05) is 31.4 Å². The van der Waals surface area contributed by atoms with Crippen molar-refractivity contribution in [1.82, 2.24) is 9.97 Å². The molecule has 106 valence electrons. The Morgan fingerprint density at radius 1 is 1.30 bits per heavy atom. The van der Waals surface area contributed by atoms with Crippen LogP contribution in [-0.2, 0) is 0 Å². The predicted molar refractivity (Wildman–Crippen MR) is 85.2 cm³/mol. The summed E-state index contributed by atoms with van der Waals surface area (Å²) in [5.41, 5.74) is 1.75. The number of hydrogen-bond donors (Lipinski definition) is 2. The lowest BCUT2D eigenvalue weighted by Gasteiger charge is -2.14. The minimum atomic E-state index is 0.474. The molecule has 0 aliphatic carbocycles. The smallest absolute Gasteiger partial charge is 0.153 e. The van der Waals surface area contributed by atoms with Crippen LogP contribution in [0.5, 0.6) is 5.75 Å². The number of rotatable bonds is 5. The quantitative estimate of drug-likeness (QED) is 0.817. The highest BCUT2D eigenvalue weighted by atomic mass is 35.5. The Kier molecular flexibility index (Phi) is 4.92. The lowest BCUT2D eigenvalue weighted by molar-refractivity contribution is 0.415. The van der Waals surface area contributed by atoms with Crippen molar-refractivity contribution in [2.24, 2.45) is 0 Å². The average molecular weight is 311 g/mol. The Morgan fingerprint density at radius 3 is 2.80 bits per heavy atom. The maximum Gasteiger partial charge on any atom is 0.153 e. The minimum absolute atomic E-state index is 0.474. The van der Waals surface area contributed by atoms with Crippen LogP contribution in [0.1, 0.15) is 5.82 Å². The number of nitrogens with zero attached hydrogens (tertiary/aromatic N) is 2. The van der Waals surface area contributed by atoms with E-state index in [1.165, 1.54) is 11.9 Å². The molecule has 0 bridgehead atoms. The molecular formula is C13H15ClN4OS. The minimum Gasteiger partial charge on any atom is -0.497 e. The summed E-state index contributed by atoms with van der Waals surface area (Å²) >= 11 is 7.59. The second kappa shape index (κ2) is 6.67. The van der Waals surface area contributed by atoms with Gasteiger partial charge in [-0.1, -0.05) is 23.5 Å². The molecule has 0 unspecified atom stereocenters. The molecule has 1 heterocycles. The molecule has 0 atom stereocenters. The number of anilines is 3. The molecule has 0 saturated heterocycles. The molecule has 0 saturated carbocycles. The SMILES string of the molecule is COc1ccc(Nc2nc(C)ncc2Cl)c(NSC)c1. The molecule has 0 spiro atoms. The summed E-state index contributed by atoms with van der Waals surface area (Å²) in [7, 11) is 1.63. The second-order valence-electron chi connectivity index (χ2n) is 3.96. The molecule has 0 fully saturated rings. The number of methoxy groups -OCH3 is 1. The molecule has 1 aromatic heterocycles. The summed E-state index contributed by atoms with van der Waals surface area (Å²) in [6.07, 6.45) is 3.53. The van der Waals surface area contributed by atoms with Crippen molar-refractivity contribution >= 4 is 40.7 Å². The maximum absolute atomic E-state index is 6.10. The van der Waals surface area contributed by atoms with Gasteiger partial charge in [0.1, 0.15) is 16.6 Å². The highest BCUT2D eigenvalue weighted by Gasteiger charge is 2.08. The standard InChI is InChI=1S/C13H15ClN4OS/c1-8-15-7-10(14)13(16-8)17-11-5-4-9(19-2)6-12(11)18-20-3/h4-7,18H,1-3H3,(H,15,16,17). The molecule has 2 aromatic rings. The zero-order chi connectivity index (χ0) is 14.5. The van der Waals surface area contributed by atoms with Crippen molar-refractivity contribution in [3.05, 3.63) is 35.2 Å². The number of benzene rings is 1. The molecule has 20 heavy (non-hydrogen) atoms. The van der Waals surface area contributed by atoms with Crippen LogP contribution in [0, 0.1) is 6.92 Å². The molecule has 0 aliphatic rings. The first-order valence-electron chi connectivity index (χ1n) is 5.87. The molecule has 2 N–H and O–H groups in total. The van der Waals surface area contributed by atoms with Gasteiger partial charge >= 0.3 is 0 Å². The van der Waals surface area contributed by atoms with E-state index in [1.54, 1.807) is 13.3 Å². The summed E-state index contributed by atoms with van der Waals surface area (Å²) in [6.45, 7) is 1.82. The van der Waals surface area contributed by atoms with Crippen molar-refractivity contribution in [2.45, 2.75) is 6.92 Å². The molecule has 7 heteroatoms. The zero-order valence-corrected chi connectivity index (χ0v) is 13.0. The topological polar surface area (TPSA) is 59.1 Å². The third kappa shape index (κ3) is 3.46. The Balaban J connectivity index is 2.34. The fraction of sp³-hybridized carbons (Fsp3) is 0.231. The Morgan fingerprint density at radius 2 is 2.10 bits per heavy atom. The van der Waals surface area contributed by atoms with Crippen LogP contribution < -0.4 is 14.8 Å². The highest BCUT2D eigenvalue weighted by Crippen LogP contribution is 2.32. The van der Waals surface area contributed by atoms with Crippen LogP contribution >= 0.6 is 23.5 Å². The van der Waals surface area contributed by atoms with E-state index in [0.717, 1.165) is 17.1 Å². The summed E-state index contributed by atoms with van der Waals surface area (Å²) in [6, 6.07) is 5.68. The largest absolute Gasteiger partial charge is 0.497 e. The Hall–Kier alpha value is -1.66. The van der Waals surface area contributed by atoms with Crippen molar-refractivity contribution in [2.75, 3.05) is 23.4 Å². The third-order valence-corrected chi connectivity index (χ3v) is 3.26. The summed E-state index contributed by atoms with van der Waals surface area (Å²) in [5.74, 6) is 2.01. The molecule has 0 aliphatic heterocycles. The monoisotopic (exact) mass is 310 g/mol. The van der Waals surface area contributed by atoms with E-state index in [0.29, 0.717) is 16.7 Å². The fourth-order valence-electron chi connectivity index (χ4n) is 1.62. The third-order valence-electron chi connectivity index (χ3n) is 2.56. The lowest BCUT2D eigenvalue weighted by Crippen LogP contribution is -2.00. The summed E-state index contributed by atoms with van der Waals surface area (Å²) in [4.78, 5) is 8.34. The predicted octanol–water partition coefficient (Wildman–Crippen LogP) is 3.88.